The first-order chi connectivity index (χ1) is 12.5. The molecular formula is C20H34N2O4. The van der Waals surface area contributed by atoms with E-state index >= 15 is 0 Å². The van der Waals surface area contributed by atoms with Crippen molar-refractivity contribution in [2.45, 2.75) is 59.3 Å². The monoisotopic (exact) mass is 366 g/mol. The van der Waals surface area contributed by atoms with Gasteiger partial charge in [-0.05, 0) is 32.8 Å². The predicted octanol–water partition coefficient (Wildman–Crippen LogP) is 3.46. The van der Waals surface area contributed by atoms with Gasteiger partial charge in [0.05, 0.1) is 5.56 Å². The number of aryl methyl sites for hydroxylation is 2. The molecular weight excluding hydrogens is 332 g/mol. The molecule has 0 saturated carbocycles. The number of nitrogens with zero attached hydrogens (tertiary/aromatic N) is 1. The van der Waals surface area contributed by atoms with E-state index in [0.717, 1.165) is 37.9 Å². The molecule has 0 aliphatic carbocycles. The number of rotatable bonds is 13. The number of methoxy groups -OCH3 is 1. The lowest BCUT2D eigenvalue weighted by atomic mass is 10.1. The van der Waals surface area contributed by atoms with Crippen molar-refractivity contribution in [1.29, 1.82) is 0 Å². The van der Waals surface area contributed by atoms with Crippen LogP contribution in [0, 0.1) is 13.8 Å². The molecule has 0 saturated heterocycles. The van der Waals surface area contributed by atoms with Crippen molar-refractivity contribution < 1.29 is 18.7 Å². The molecule has 1 aromatic rings. The number of amides is 2. The van der Waals surface area contributed by atoms with Crippen molar-refractivity contribution in [3.63, 3.8) is 0 Å². The van der Waals surface area contributed by atoms with Crippen LogP contribution in [-0.2, 0) is 9.53 Å². The summed E-state index contributed by atoms with van der Waals surface area (Å²) in [4.78, 5) is 26.7. The molecule has 0 aliphatic rings. The van der Waals surface area contributed by atoms with Crippen LogP contribution >= 0.6 is 0 Å². The highest BCUT2D eigenvalue weighted by molar-refractivity contribution is 5.95. The topological polar surface area (TPSA) is 71.8 Å². The van der Waals surface area contributed by atoms with E-state index in [-0.39, 0.29) is 11.8 Å². The number of carbonyl (C=O) groups is 2. The maximum Gasteiger partial charge on any atom is 0.257 e. The van der Waals surface area contributed by atoms with Gasteiger partial charge in [0.25, 0.3) is 5.91 Å². The summed E-state index contributed by atoms with van der Waals surface area (Å²) in [5, 5.41) is 2.87. The van der Waals surface area contributed by atoms with Gasteiger partial charge in [-0.1, -0.05) is 26.2 Å². The SMILES string of the molecule is CCCCCCN(CCC(=O)NCCCOC)C(=O)c1cc(C)oc1C. The third kappa shape index (κ3) is 8.04. The standard InChI is InChI=1S/C20H34N2O4/c1-5-6-7-8-12-22(13-10-19(23)21-11-9-14-25-4)20(24)18-15-16(2)26-17(18)3/h15H,5-14H2,1-4H3,(H,21,23). The normalized spacial score (nSPS) is 10.8. The predicted molar refractivity (Wildman–Crippen MR) is 102 cm³/mol. The first-order valence-electron chi connectivity index (χ1n) is 9.61. The largest absolute Gasteiger partial charge is 0.466 e. The van der Waals surface area contributed by atoms with E-state index in [1.54, 1.807) is 25.0 Å². The van der Waals surface area contributed by atoms with Gasteiger partial charge >= 0.3 is 0 Å². The second kappa shape index (κ2) is 12.5. The Labute approximate surface area is 157 Å². The summed E-state index contributed by atoms with van der Waals surface area (Å²) in [6.45, 7) is 8.11. The lowest BCUT2D eigenvalue weighted by Crippen LogP contribution is -2.36. The van der Waals surface area contributed by atoms with E-state index in [4.69, 9.17) is 9.15 Å². The fraction of sp³-hybridized carbons (Fsp3) is 0.700. The average molecular weight is 367 g/mol. The fourth-order valence-corrected chi connectivity index (χ4v) is 2.83. The Morgan fingerprint density at radius 2 is 1.92 bits per heavy atom. The van der Waals surface area contributed by atoms with Gasteiger partial charge in [0.1, 0.15) is 11.5 Å². The van der Waals surface area contributed by atoms with Crippen molar-refractivity contribution in [3.05, 3.63) is 23.2 Å². The number of furan rings is 1. The van der Waals surface area contributed by atoms with Gasteiger partial charge in [0.2, 0.25) is 5.91 Å². The number of nitrogens with one attached hydrogen (secondary N) is 1. The molecule has 0 unspecified atom stereocenters. The van der Waals surface area contributed by atoms with E-state index in [2.05, 4.69) is 12.2 Å². The quantitative estimate of drug-likeness (QED) is 0.543. The van der Waals surface area contributed by atoms with E-state index in [0.29, 0.717) is 44.0 Å². The Bertz CT molecular complexity index is 554. The van der Waals surface area contributed by atoms with Crippen LogP contribution in [0.4, 0.5) is 0 Å². The van der Waals surface area contributed by atoms with Crippen LogP contribution in [0.5, 0.6) is 0 Å². The Kier molecular flexibility index (Phi) is 10.7. The third-order valence-corrected chi connectivity index (χ3v) is 4.30. The smallest absolute Gasteiger partial charge is 0.257 e. The molecule has 1 heterocycles. The Morgan fingerprint density at radius 3 is 2.54 bits per heavy atom. The molecule has 0 fully saturated rings. The van der Waals surface area contributed by atoms with Crippen molar-refractivity contribution >= 4 is 11.8 Å². The number of hydrogen-bond donors (Lipinski definition) is 1. The second-order valence-corrected chi connectivity index (χ2v) is 6.63. The summed E-state index contributed by atoms with van der Waals surface area (Å²) < 4.78 is 10.5. The lowest BCUT2D eigenvalue weighted by molar-refractivity contribution is -0.121. The summed E-state index contributed by atoms with van der Waals surface area (Å²) >= 11 is 0. The lowest BCUT2D eigenvalue weighted by Gasteiger charge is -2.22. The van der Waals surface area contributed by atoms with Crippen molar-refractivity contribution in [3.8, 4) is 0 Å². The Morgan fingerprint density at radius 1 is 1.15 bits per heavy atom. The maximum atomic E-state index is 12.9. The molecule has 0 spiro atoms. The number of hydrogen-bond acceptors (Lipinski definition) is 4. The average Bonchev–Trinajstić information content (AvgIpc) is 2.95. The summed E-state index contributed by atoms with van der Waals surface area (Å²) in [5.41, 5.74) is 0.596. The Hall–Kier alpha value is -1.82. The fourth-order valence-electron chi connectivity index (χ4n) is 2.83. The minimum atomic E-state index is -0.0527. The summed E-state index contributed by atoms with van der Waals surface area (Å²) in [6, 6.07) is 1.78. The second-order valence-electron chi connectivity index (χ2n) is 6.63. The molecule has 0 bridgehead atoms. The van der Waals surface area contributed by atoms with E-state index in [9.17, 15) is 9.59 Å². The Balaban J connectivity index is 2.59. The van der Waals surface area contributed by atoms with Gasteiger partial charge < -0.3 is 19.4 Å². The highest BCUT2D eigenvalue weighted by Crippen LogP contribution is 2.17. The van der Waals surface area contributed by atoms with Gasteiger partial charge in [-0.15, -0.1) is 0 Å². The molecule has 0 aromatic carbocycles. The van der Waals surface area contributed by atoms with Crippen LogP contribution in [0.15, 0.2) is 10.5 Å². The first-order valence-corrected chi connectivity index (χ1v) is 9.61. The van der Waals surface area contributed by atoms with Gasteiger partial charge in [-0.2, -0.15) is 0 Å². The summed E-state index contributed by atoms with van der Waals surface area (Å²) in [7, 11) is 1.64. The van der Waals surface area contributed by atoms with Crippen molar-refractivity contribution in [2.75, 3.05) is 33.4 Å². The minimum absolute atomic E-state index is 0.0347. The zero-order valence-electron chi connectivity index (χ0n) is 16.7. The van der Waals surface area contributed by atoms with Gasteiger partial charge in [-0.25, -0.2) is 0 Å². The minimum Gasteiger partial charge on any atom is -0.466 e. The van der Waals surface area contributed by atoms with E-state index in [1.807, 2.05) is 6.92 Å². The molecule has 0 atom stereocenters. The first kappa shape index (κ1) is 22.2. The van der Waals surface area contributed by atoms with Gasteiger partial charge in [-0.3, -0.25) is 9.59 Å². The van der Waals surface area contributed by atoms with Crippen LogP contribution in [0.25, 0.3) is 0 Å². The molecule has 6 heteroatoms. The van der Waals surface area contributed by atoms with Gasteiger partial charge in [0, 0.05) is 39.8 Å². The molecule has 26 heavy (non-hydrogen) atoms. The van der Waals surface area contributed by atoms with Crippen LogP contribution in [0.2, 0.25) is 0 Å². The zero-order chi connectivity index (χ0) is 19.4. The highest BCUT2D eigenvalue weighted by Gasteiger charge is 2.20. The van der Waals surface area contributed by atoms with E-state index < -0.39 is 0 Å². The molecule has 0 radical (unpaired) electrons. The van der Waals surface area contributed by atoms with Crippen LogP contribution in [0.3, 0.4) is 0 Å². The third-order valence-electron chi connectivity index (χ3n) is 4.30. The molecule has 1 aromatic heterocycles. The van der Waals surface area contributed by atoms with Crippen molar-refractivity contribution in [2.24, 2.45) is 0 Å². The van der Waals surface area contributed by atoms with Crippen LogP contribution < -0.4 is 5.32 Å². The highest BCUT2D eigenvalue weighted by atomic mass is 16.5. The summed E-state index contributed by atoms with van der Waals surface area (Å²) in [5.74, 6) is 1.28. The number of carbonyl (C=O) groups excluding carboxylic acids is 2. The summed E-state index contributed by atoms with van der Waals surface area (Å²) in [6.07, 6.45) is 5.44. The van der Waals surface area contributed by atoms with E-state index in [1.165, 1.54) is 0 Å². The molecule has 2 amide bonds. The maximum absolute atomic E-state index is 12.9. The van der Waals surface area contributed by atoms with Crippen LogP contribution in [-0.4, -0.2) is 50.1 Å². The van der Waals surface area contributed by atoms with Crippen LogP contribution in [0.1, 0.15) is 67.3 Å². The van der Waals surface area contributed by atoms with Gasteiger partial charge in [0.15, 0.2) is 0 Å². The molecule has 1 rings (SSSR count). The molecule has 1 N–H and O–H groups in total. The number of unbranched alkanes of at least 4 members (excludes halogenated alkanes) is 3. The number of ether oxygens (including phenoxy) is 1. The zero-order valence-corrected chi connectivity index (χ0v) is 16.7. The molecule has 148 valence electrons. The molecule has 6 nitrogen and oxygen atoms in total. The van der Waals surface area contributed by atoms with Crippen molar-refractivity contribution in [1.82, 2.24) is 10.2 Å². The molecule has 0 aliphatic heterocycles.